The second-order valence-corrected chi connectivity index (χ2v) is 9.14. The van der Waals surface area contributed by atoms with Gasteiger partial charge < -0.3 is 11.1 Å². The first-order valence-corrected chi connectivity index (χ1v) is 11.4. The van der Waals surface area contributed by atoms with E-state index in [0.29, 0.717) is 0 Å². The van der Waals surface area contributed by atoms with Gasteiger partial charge in [-0.2, -0.15) is 39.5 Å². The summed E-state index contributed by atoms with van der Waals surface area (Å²) in [5.74, 6) is -2.05. The van der Waals surface area contributed by atoms with Gasteiger partial charge in [-0.1, -0.05) is 30.3 Å². The maximum absolute atomic E-state index is 14.5. The molecular formula is C24H13F10IN2O2. The van der Waals surface area contributed by atoms with Crippen LogP contribution in [-0.4, -0.2) is 24.2 Å². The van der Waals surface area contributed by atoms with E-state index >= 15 is 0 Å². The first-order chi connectivity index (χ1) is 17.8. The van der Waals surface area contributed by atoms with E-state index in [4.69, 9.17) is 5.73 Å². The zero-order valence-electron chi connectivity index (χ0n) is 18.8. The lowest BCUT2D eigenvalue weighted by Crippen LogP contribution is -2.50. The molecule has 4 nitrogen and oxygen atoms in total. The minimum Gasteiger partial charge on any atom is -0.366 e. The van der Waals surface area contributed by atoms with Crippen LogP contribution in [0.2, 0.25) is 0 Å². The molecule has 0 radical (unpaired) electrons. The number of nitrogens with one attached hydrogen (secondary N) is 1. The van der Waals surface area contributed by atoms with Crippen LogP contribution in [0, 0.1) is 3.57 Å². The van der Waals surface area contributed by atoms with Gasteiger partial charge in [0.05, 0.1) is 11.3 Å². The first-order valence-electron chi connectivity index (χ1n) is 10.3. The van der Waals surface area contributed by atoms with E-state index in [-0.39, 0.29) is 28.3 Å². The highest BCUT2D eigenvalue weighted by molar-refractivity contribution is 14.1. The third-order valence-corrected chi connectivity index (χ3v) is 6.29. The van der Waals surface area contributed by atoms with E-state index in [1.54, 1.807) is 6.07 Å². The summed E-state index contributed by atoms with van der Waals surface area (Å²) in [5, 5.41) is 1.83. The van der Waals surface area contributed by atoms with Crippen LogP contribution in [0.3, 0.4) is 0 Å². The Morgan fingerprint density at radius 3 is 1.90 bits per heavy atom. The third-order valence-electron chi connectivity index (χ3n) is 5.44. The topological polar surface area (TPSA) is 72.2 Å². The fourth-order valence-corrected chi connectivity index (χ4v) is 4.37. The normalized spacial score (nSPS) is 12.8. The van der Waals surface area contributed by atoms with E-state index in [0.717, 1.165) is 28.7 Å². The van der Waals surface area contributed by atoms with Gasteiger partial charge in [0.1, 0.15) is 0 Å². The molecule has 0 aliphatic heterocycles. The minimum atomic E-state index is -6.65. The molecule has 0 aromatic heterocycles. The average Bonchev–Trinajstić information content (AvgIpc) is 2.82. The van der Waals surface area contributed by atoms with Crippen LogP contribution < -0.4 is 11.1 Å². The zero-order valence-corrected chi connectivity index (χ0v) is 21.0. The van der Waals surface area contributed by atoms with Crippen LogP contribution in [0.25, 0.3) is 11.1 Å². The van der Waals surface area contributed by atoms with E-state index < -0.39 is 62.5 Å². The maximum Gasteiger partial charge on any atom is 0.435 e. The fraction of sp³-hybridized carbons (Fsp3) is 0.167. The molecule has 15 heteroatoms. The molecule has 3 N–H and O–H groups in total. The summed E-state index contributed by atoms with van der Waals surface area (Å²) in [6, 6.07) is 10.3. The Morgan fingerprint density at radius 1 is 0.769 bits per heavy atom. The van der Waals surface area contributed by atoms with Gasteiger partial charge >= 0.3 is 24.2 Å². The molecule has 0 unspecified atom stereocenters. The van der Waals surface area contributed by atoms with Crippen LogP contribution in [-0.2, 0) is 11.8 Å². The lowest BCUT2D eigenvalue weighted by Gasteiger charge is -2.31. The Labute approximate surface area is 226 Å². The van der Waals surface area contributed by atoms with E-state index in [9.17, 15) is 53.5 Å². The lowest BCUT2D eigenvalue weighted by atomic mass is 9.92. The number of halogens is 11. The highest BCUT2D eigenvalue weighted by Gasteiger charge is 2.73. The van der Waals surface area contributed by atoms with Crippen molar-refractivity contribution < 1.29 is 53.5 Å². The summed E-state index contributed by atoms with van der Waals surface area (Å²) in [7, 11) is 0. The zero-order chi connectivity index (χ0) is 29.6. The SMILES string of the molecule is NC(=O)c1ccccc1-c1cccc(C(=O)Nc2c(I)cc(C(F)(C(F)(F)F)C(F)(F)F)cc2C(F)(F)F)c1. The smallest absolute Gasteiger partial charge is 0.366 e. The van der Waals surface area contributed by atoms with Gasteiger partial charge in [-0.25, -0.2) is 4.39 Å². The van der Waals surface area contributed by atoms with Crippen molar-refractivity contribution in [1.82, 2.24) is 0 Å². The van der Waals surface area contributed by atoms with Gasteiger partial charge in [0, 0.05) is 20.3 Å². The molecule has 0 bridgehead atoms. The molecule has 0 saturated heterocycles. The van der Waals surface area contributed by atoms with Gasteiger partial charge in [0.15, 0.2) is 0 Å². The van der Waals surface area contributed by atoms with Crippen molar-refractivity contribution >= 4 is 40.1 Å². The van der Waals surface area contributed by atoms with Crippen LogP contribution in [0.15, 0.2) is 60.7 Å². The Bertz CT molecular complexity index is 1420. The second-order valence-electron chi connectivity index (χ2n) is 7.98. The van der Waals surface area contributed by atoms with Gasteiger partial charge in [-0.3, -0.25) is 9.59 Å². The number of nitrogens with two attached hydrogens (primary N) is 1. The summed E-state index contributed by atoms with van der Waals surface area (Å²) >= 11 is 0.961. The van der Waals surface area contributed by atoms with E-state index in [1.807, 2.05) is 5.32 Å². The standard InChI is InChI=1S/C24H13F10IN2O2/c25-21(23(29,30)31,24(32,33)34)13-9-16(22(26,27)28)18(17(35)10-13)37-20(39)12-5-3-4-11(8-12)14-6-1-2-7-15(14)19(36)38/h1-10H,(H2,36,38)(H,37,39). The summed E-state index contributed by atoms with van der Waals surface area (Å²) in [5.41, 5.74) is -6.18. The van der Waals surface area contributed by atoms with E-state index in [1.165, 1.54) is 36.4 Å². The molecule has 3 aromatic carbocycles. The number of carbonyl (C=O) groups excluding carboxylic acids is 2. The molecule has 2 amide bonds. The van der Waals surface area contributed by atoms with Crippen molar-refractivity contribution in [2.45, 2.75) is 24.2 Å². The Kier molecular flexibility index (Phi) is 7.98. The Hall–Kier alpha value is -3.37. The molecular weight excluding hydrogens is 665 g/mol. The number of benzene rings is 3. The van der Waals surface area contributed by atoms with Gasteiger partial charge in [-0.05, 0) is 64.0 Å². The van der Waals surface area contributed by atoms with Crippen molar-refractivity contribution in [2.75, 3.05) is 5.32 Å². The number of amides is 2. The summed E-state index contributed by atoms with van der Waals surface area (Å²) in [4.78, 5) is 24.6. The first kappa shape index (κ1) is 30.2. The minimum absolute atomic E-state index is 0.0589. The summed E-state index contributed by atoms with van der Waals surface area (Å²) in [6.45, 7) is 0. The molecule has 0 saturated carbocycles. The third kappa shape index (κ3) is 5.81. The molecule has 0 fully saturated rings. The molecule has 0 aliphatic carbocycles. The average molecular weight is 678 g/mol. The number of alkyl halides is 10. The molecule has 3 aromatic rings. The molecule has 0 spiro atoms. The fourth-order valence-electron chi connectivity index (χ4n) is 3.61. The number of rotatable bonds is 5. The highest BCUT2D eigenvalue weighted by Crippen LogP contribution is 2.54. The number of carbonyl (C=O) groups is 2. The predicted octanol–water partition coefficient (Wildman–Crippen LogP) is 7.62. The highest BCUT2D eigenvalue weighted by atomic mass is 127. The van der Waals surface area contributed by atoms with Crippen molar-refractivity contribution in [2.24, 2.45) is 5.73 Å². The second kappa shape index (κ2) is 10.3. The van der Waals surface area contributed by atoms with Crippen molar-refractivity contribution in [3.05, 3.63) is 86.5 Å². The van der Waals surface area contributed by atoms with Crippen LogP contribution in [0.5, 0.6) is 0 Å². The molecule has 208 valence electrons. The predicted molar refractivity (Wildman–Crippen MR) is 127 cm³/mol. The largest absolute Gasteiger partial charge is 0.435 e. The van der Waals surface area contributed by atoms with Gasteiger partial charge in [0.2, 0.25) is 5.91 Å². The molecule has 0 aliphatic rings. The number of hydrogen-bond acceptors (Lipinski definition) is 2. The molecule has 3 rings (SSSR count). The molecule has 39 heavy (non-hydrogen) atoms. The monoisotopic (exact) mass is 678 g/mol. The quantitative estimate of drug-likeness (QED) is 0.216. The molecule has 0 heterocycles. The van der Waals surface area contributed by atoms with Crippen molar-refractivity contribution in [3.63, 3.8) is 0 Å². The van der Waals surface area contributed by atoms with Gasteiger partial charge in [0.25, 0.3) is 5.91 Å². The maximum atomic E-state index is 14.5. The van der Waals surface area contributed by atoms with Crippen LogP contribution in [0.1, 0.15) is 31.8 Å². The van der Waals surface area contributed by atoms with Crippen molar-refractivity contribution in [1.29, 1.82) is 0 Å². The Morgan fingerprint density at radius 2 is 1.36 bits per heavy atom. The molecule has 0 atom stereocenters. The van der Waals surface area contributed by atoms with E-state index in [2.05, 4.69) is 0 Å². The van der Waals surface area contributed by atoms with Crippen LogP contribution >= 0.6 is 22.6 Å². The summed E-state index contributed by atoms with van der Waals surface area (Å²) < 4.78 is 134. The number of primary amides is 1. The van der Waals surface area contributed by atoms with Crippen LogP contribution in [0.4, 0.5) is 49.6 Å². The van der Waals surface area contributed by atoms with Gasteiger partial charge in [-0.15, -0.1) is 0 Å². The lowest BCUT2D eigenvalue weighted by molar-refractivity contribution is -0.348. The number of anilines is 1. The summed E-state index contributed by atoms with van der Waals surface area (Å²) in [6.07, 6.45) is -18.9. The van der Waals surface area contributed by atoms with Crippen molar-refractivity contribution in [3.8, 4) is 11.1 Å². The number of hydrogen-bond donors (Lipinski definition) is 2. The Balaban J connectivity index is 2.11.